The summed E-state index contributed by atoms with van der Waals surface area (Å²) in [5.41, 5.74) is 0.970. The van der Waals surface area contributed by atoms with Crippen LogP contribution in [0, 0.1) is 22.7 Å². The molecule has 1 aromatic rings. The second-order valence-corrected chi connectivity index (χ2v) is 3.27. The Morgan fingerprint density at radius 2 is 1.87 bits per heavy atom. The number of nitriles is 2. The molecule has 0 aromatic heterocycles. The van der Waals surface area contributed by atoms with Crippen molar-refractivity contribution in [3.05, 3.63) is 29.8 Å². The van der Waals surface area contributed by atoms with Crippen LogP contribution in [0.1, 0.15) is 18.9 Å². The average molecular weight is 200 g/mol. The van der Waals surface area contributed by atoms with E-state index in [1.54, 1.807) is 0 Å². The molecule has 1 atom stereocenters. The molecular formula is C12H12N2O. The summed E-state index contributed by atoms with van der Waals surface area (Å²) in [5.74, 6) is 0.736. The quantitative estimate of drug-likeness (QED) is 0.750. The van der Waals surface area contributed by atoms with E-state index in [0.717, 1.165) is 11.3 Å². The monoisotopic (exact) mass is 200 g/mol. The molecular weight excluding hydrogens is 188 g/mol. The first-order valence-electron chi connectivity index (χ1n) is 4.75. The first-order chi connectivity index (χ1) is 7.26. The summed E-state index contributed by atoms with van der Waals surface area (Å²) in [6.07, 6.45) is 0.686. The summed E-state index contributed by atoms with van der Waals surface area (Å²) >= 11 is 0. The van der Waals surface area contributed by atoms with Crippen molar-refractivity contribution in [1.82, 2.24) is 0 Å². The lowest BCUT2D eigenvalue weighted by Gasteiger charge is -2.11. The molecule has 0 saturated carbocycles. The van der Waals surface area contributed by atoms with Gasteiger partial charge in [-0.1, -0.05) is 12.1 Å². The minimum atomic E-state index is -0.100. The van der Waals surface area contributed by atoms with E-state index in [2.05, 4.69) is 12.1 Å². The Morgan fingerprint density at radius 1 is 1.20 bits per heavy atom. The maximum atomic E-state index is 8.49. The van der Waals surface area contributed by atoms with Crippen LogP contribution in [0.2, 0.25) is 0 Å². The van der Waals surface area contributed by atoms with Crippen LogP contribution >= 0.6 is 0 Å². The zero-order valence-corrected chi connectivity index (χ0v) is 8.60. The second-order valence-electron chi connectivity index (χ2n) is 3.27. The highest BCUT2D eigenvalue weighted by molar-refractivity contribution is 5.28. The van der Waals surface area contributed by atoms with Gasteiger partial charge in [-0.15, -0.1) is 0 Å². The summed E-state index contributed by atoms with van der Waals surface area (Å²) in [5, 5.41) is 16.9. The largest absolute Gasteiger partial charge is 0.490 e. The van der Waals surface area contributed by atoms with Gasteiger partial charge in [0.05, 0.1) is 25.0 Å². The SMILES string of the molecule is CC(CC#N)Oc1ccc(CC#N)cc1. The maximum Gasteiger partial charge on any atom is 0.119 e. The van der Waals surface area contributed by atoms with Gasteiger partial charge in [0, 0.05) is 0 Å². The lowest BCUT2D eigenvalue weighted by Crippen LogP contribution is -2.10. The van der Waals surface area contributed by atoms with Gasteiger partial charge >= 0.3 is 0 Å². The van der Waals surface area contributed by atoms with Gasteiger partial charge in [0.15, 0.2) is 0 Å². The zero-order chi connectivity index (χ0) is 11.1. The van der Waals surface area contributed by atoms with Gasteiger partial charge < -0.3 is 4.74 Å². The van der Waals surface area contributed by atoms with Crippen molar-refractivity contribution in [3.8, 4) is 17.9 Å². The van der Waals surface area contributed by atoms with Crippen molar-refractivity contribution in [2.75, 3.05) is 0 Å². The molecule has 0 N–H and O–H groups in total. The molecule has 0 spiro atoms. The molecule has 0 radical (unpaired) electrons. The van der Waals surface area contributed by atoms with Crippen LogP contribution in [0.25, 0.3) is 0 Å². The van der Waals surface area contributed by atoms with Crippen LogP contribution in [0.4, 0.5) is 0 Å². The molecule has 1 rings (SSSR count). The average Bonchev–Trinajstić information content (AvgIpc) is 2.22. The highest BCUT2D eigenvalue weighted by Gasteiger charge is 2.02. The lowest BCUT2D eigenvalue weighted by molar-refractivity contribution is 0.227. The fraction of sp³-hybridized carbons (Fsp3) is 0.333. The number of rotatable bonds is 4. The highest BCUT2D eigenvalue weighted by atomic mass is 16.5. The molecule has 1 unspecified atom stereocenters. The third-order valence-electron chi connectivity index (χ3n) is 1.92. The number of nitrogens with zero attached hydrogens (tertiary/aromatic N) is 2. The summed E-state index contributed by atoms with van der Waals surface area (Å²) in [6, 6.07) is 11.5. The number of hydrogen-bond acceptors (Lipinski definition) is 3. The molecule has 0 fully saturated rings. The molecule has 15 heavy (non-hydrogen) atoms. The normalized spacial score (nSPS) is 11.1. The highest BCUT2D eigenvalue weighted by Crippen LogP contribution is 2.14. The Bertz CT molecular complexity index is 384. The predicted molar refractivity (Wildman–Crippen MR) is 56.1 cm³/mol. The first-order valence-corrected chi connectivity index (χ1v) is 4.75. The van der Waals surface area contributed by atoms with E-state index in [1.807, 2.05) is 31.2 Å². The lowest BCUT2D eigenvalue weighted by atomic mass is 10.1. The van der Waals surface area contributed by atoms with Gasteiger partial charge in [0.25, 0.3) is 0 Å². The van der Waals surface area contributed by atoms with Gasteiger partial charge in [-0.25, -0.2) is 0 Å². The summed E-state index contributed by atoms with van der Waals surface area (Å²) in [4.78, 5) is 0. The molecule has 76 valence electrons. The first kappa shape index (κ1) is 11.1. The van der Waals surface area contributed by atoms with Crippen LogP contribution in [-0.4, -0.2) is 6.10 Å². The molecule has 3 heteroatoms. The van der Waals surface area contributed by atoms with Crippen molar-refractivity contribution in [2.45, 2.75) is 25.9 Å². The van der Waals surface area contributed by atoms with E-state index in [9.17, 15) is 0 Å². The Kier molecular flexibility index (Phi) is 4.19. The third-order valence-corrected chi connectivity index (χ3v) is 1.92. The molecule has 0 aliphatic rings. The van der Waals surface area contributed by atoms with E-state index >= 15 is 0 Å². The maximum absolute atomic E-state index is 8.49. The van der Waals surface area contributed by atoms with E-state index < -0.39 is 0 Å². The molecule has 0 bridgehead atoms. The third kappa shape index (κ3) is 3.70. The molecule has 0 amide bonds. The number of ether oxygens (including phenoxy) is 1. The topological polar surface area (TPSA) is 56.8 Å². The minimum Gasteiger partial charge on any atom is -0.490 e. The fourth-order valence-corrected chi connectivity index (χ4v) is 1.18. The van der Waals surface area contributed by atoms with Crippen LogP contribution in [0.3, 0.4) is 0 Å². The molecule has 0 aliphatic carbocycles. The van der Waals surface area contributed by atoms with Crippen molar-refractivity contribution in [1.29, 1.82) is 10.5 Å². The summed E-state index contributed by atoms with van der Waals surface area (Å²) in [6.45, 7) is 1.85. The van der Waals surface area contributed by atoms with Crippen molar-refractivity contribution in [3.63, 3.8) is 0 Å². The summed E-state index contributed by atoms with van der Waals surface area (Å²) in [7, 11) is 0. The Hall–Kier alpha value is -2.00. The van der Waals surface area contributed by atoms with Crippen LogP contribution in [0.5, 0.6) is 5.75 Å². The van der Waals surface area contributed by atoms with E-state index in [1.165, 1.54) is 0 Å². The smallest absolute Gasteiger partial charge is 0.119 e. The van der Waals surface area contributed by atoms with Crippen LogP contribution < -0.4 is 4.74 Å². The summed E-state index contributed by atoms with van der Waals surface area (Å²) < 4.78 is 5.48. The molecule has 0 heterocycles. The second kappa shape index (κ2) is 5.67. The van der Waals surface area contributed by atoms with Crippen molar-refractivity contribution in [2.24, 2.45) is 0 Å². The van der Waals surface area contributed by atoms with Gasteiger partial charge in [-0.3, -0.25) is 0 Å². The van der Waals surface area contributed by atoms with Crippen molar-refractivity contribution >= 4 is 0 Å². The van der Waals surface area contributed by atoms with E-state index in [4.69, 9.17) is 15.3 Å². The van der Waals surface area contributed by atoms with Gasteiger partial charge in [-0.05, 0) is 24.6 Å². The van der Waals surface area contributed by atoms with Gasteiger partial charge in [0.1, 0.15) is 11.9 Å². The molecule has 3 nitrogen and oxygen atoms in total. The Labute approximate surface area is 89.5 Å². The zero-order valence-electron chi connectivity index (χ0n) is 8.60. The number of hydrogen-bond donors (Lipinski definition) is 0. The van der Waals surface area contributed by atoms with Crippen LogP contribution in [-0.2, 0) is 6.42 Å². The van der Waals surface area contributed by atoms with Gasteiger partial charge in [-0.2, -0.15) is 10.5 Å². The number of benzene rings is 1. The fourth-order valence-electron chi connectivity index (χ4n) is 1.18. The standard InChI is InChI=1S/C12H12N2O/c1-10(6-8-13)15-12-4-2-11(3-5-12)7-9-14/h2-5,10H,6-7H2,1H3. The molecule has 0 aliphatic heterocycles. The Morgan fingerprint density at radius 3 is 2.40 bits per heavy atom. The van der Waals surface area contributed by atoms with Gasteiger partial charge in [0.2, 0.25) is 0 Å². The van der Waals surface area contributed by atoms with E-state index in [-0.39, 0.29) is 6.10 Å². The van der Waals surface area contributed by atoms with Crippen LogP contribution in [0.15, 0.2) is 24.3 Å². The predicted octanol–water partition coefficient (Wildman–Crippen LogP) is 2.43. The molecule has 0 saturated heterocycles. The minimum absolute atomic E-state index is 0.100. The van der Waals surface area contributed by atoms with E-state index in [0.29, 0.717) is 12.8 Å². The molecule has 1 aromatic carbocycles. The Balaban J connectivity index is 2.58. The van der Waals surface area contributed by atoms with Crippen molar-refractivity contribution < 1.29 is 4.74 Å².